The number of nitrogens with zero attached hydrogens (tertiary/aromatic N) is 1. The standard InChI is InChI=1S/C11H22N2/c1-2-3-4-5-6-9-13-10-7-12-8-11-13/h2,12H,1,3-11H2. The fourth-order valence-electron chi connectivity index (χ4n) is 1.74. The summed E-state index contributed by atoms with van der Waals surface area (Å²) in [7, 11) is 0. The molecule has 0 atom stereocenters. The topological polar surface area (TPSA) is 15.3 Å². The number of hydrogen-bond acceptors (Lipinski definition) is 2. The molecule has 1 heterocycles. The van der Waals surface area contributed by atoms with Crippen molar-refractivity contribution in [2.24, 2.45) is 0 Å². The third-order valence-corrected chi connectivity index (χ3v) is 2.59. The SMILES string of the molecule is C=CCCCCCN1CCNCC1. The molecule has 0 bridgehead atoms. The van der Waals surface area contributed by atoms with Crippen molar-refractivity contribution in [1.82, 2.24) is 10.2 Å². The van der Waals surface area contributed by atoms with Crippen LogP contribution in [0.4, 0.5) is 0 Å². The molecule has 0 aromatic heterocycles. The van der Waals surface area contributed by atoms with E-state index in [1.54, 1.807) is 0 Å². The van der Waals surface area contributed by atoms with Gasteiger partial charge < -0.3 is 10.2 Å². The van der Waals surface area contributed by atoms with E-state index in [-0.39, 0.29) is 0 Å². The fourth-order valence-corrected chi connectivity index (χ4v) is 1.74. The molecule has 0 aromatic carbocycles. The summed E-state index contributed by atoms with van der Waals surface area (Å²) in [5, 5.41) is 3.37. The Morgan fingerprint density at radius 1 is 1.15 bits per heavy atom. The van der Waals surface area contributed by atoms with Gasteiger partial charge in [0.15, 0.2) is 0 Å². The van der Waals surface area contributed by atoms with Gasteiger partial charge in [-0.1, -0.05) is 12.5 Å². The molecule has 1 saturated heterocycles. The van der Waals surface area contributed by atoms with Gasteiger partial charge in [-0.25, -0.2) is 0 Å². The van der Waals surface area contributed by atoms with Gasteiger partial charge in [0.1, 0.15) is 0 Å². The third-order valence-electron chi connectivity index (χ3n) is 2.59. The number of unbranched alkanes of at least 4 members (excludes halogenated alkanes) is 3. The maximum absolute atomic E-state index is 3.73. The normalized spacial score (nSPS) is 18.8. The zero-order valence-electron chi connectivity index (χ0n) is 8.60. The first-order valence-electron chi connectivity index (χ1n) is 5.47. The number of nitrogens with one attached hydrogen (secondary N) is 1. The molecule has 13 heavy (non-hydrogen) atoms. The van der Waals surface area contributed by atoms with E-state index in [1.807, 2.05) is 6.08 Å². The van der Waals surface area contributed by atoms with E-state index < -0.39 is 0 Å². The molecule has 76 valence electrons. The highest BCUT2D eigenvalue weighted by molar-refractivity contribution is 4.68. The number of rotatable bonds is 6. The van der Waals surface area contributed by atoms with Crippen LogP contribution in [0, 0.1) is 0 Å². The summed E-state index contributed by atoms with van der Waals surface area (Å²) >= 11 is 0. The molecule has 0 amide bonds. The van der Waals surface area contributed by atoms with Gasteiger partial charge in [-0.15, -0.1) is 6.58 Å². The van der Waals surface area contributed by atoms with Crippen molar-refractivity contribution in [2.75, 3.05) is 32.7 Å². The summed E-state index contributed by atoms with van der Waals surface area (Å²) in [5.74, 6) is 0. The van der Waals surface area contributed by atoms with Crippen molar-refractivity contribution in [3.8, 4) is 0 Å². The third kappa shape index (κ3) is 5.06. The van der Waals surface area contributed by atoms with Crippen molar-refractivity contribution >= 4 is 0 Å². The molecular formula is C11H22N2. The smallest absolute Gasteiger partial charge is 0.0107 e. The van der Waals surface area contributed by atoms with Crippen LogP contribution in [0.5, 0.6) is 0 Å². The summed E-state index contributed by atoms with van der Waals surface area (Å²) in [5.41, 5.74) is 0. The van der Waals surface area contributed by atoms with Crippen molar-refractivity contribution in [3.63, 3.8) is 0 Å². The highest BCUT2D eigenvalue weighted by Gasteiger charge is 2.07. The highest BCUT2D eigenvalue weighted by atomic mass is 15.2. The van der Waals surface area contributed by atoms with E-state index in [9.17, 15) is 0 Å². The molecule has 0 radical (unpaired) electrons. The van der Waals surface area contributed by atoms with Crippen LogP contribution >= 0.6 is 0 Å². The predicted octanol–water partition coefficient (Wildman–Crippen LogP) is 1.64. The van der Waals surface area contributed by atoms with Gasteiger partial charge in [0.05, 0.1) is 0 Å². The van der Waals surface area contributed by atoms with E-state index in [4.69, 9.17) is 0 Å². The van der Waals surface area contributed by atoms with Crippen LogP contribution in [-0.2, 0) is 0 Å². The summed E-state index contributed by atoms with van der Waals surface area (Å²) in [6, 6.07) is 0. The van der Waals surface area contributed by atoms with E-state index in [1.165, 1.54) is 58.4 Å². The van der Waals surface area contributed by atoms with Gasteiger partial charge >= 0.3 is 0 Å². The van der Waals surface area contributed by atoms with Crippen molar-refractivity contribution in [1.29, 1.82) is 0 Å². The Hall–Kier alpha value is -0.340. The maximum atomic E-state index is 3.73. The Bertz CT molecular complexity index is 128. The van der Waals surface area contributed by atoms with Gasteiger partial charge in [0.2, 0.25) is 0 Å². The molecule has 1 aliphatic heterocycles. The summed E-state index contributed by atoms with van der Waals surface area (Å²) < 4.78 is 0. The van der Waals surface area contributed by atoms with E-state index in [0.717, 1.165) is 0 Å². The fraction of sp³-hybridized carbons (Fsp3) is 0.818. The second-order valence-corrected chi connectivity index (χ2v) is 3.73. The van der Waals surface area contributed by atoms with Crippen LogP contribution in [0.2, 0.25) is 0 Å². The van der Waals surface area contributed by atoms with Crippen LogP contribution in [0.25, 0.3) is 0 Å². The molecule has 1 N–H and O–H groups in total. The average molecular weight is 182 g/mol. The minimum Gasteiger partial charge on any atom is -0.314 e. The summed E-state index contributed by atoms with van der Waals surface area (Å²) in [4.78, 5) is 2.56. The van der Waals surface area contributed by atoms with E-state index in [0.29, 0.717) is 0 Å². The maximum Gasteiger partial charge on any atom is 0.0107 e. The van der Waals surface area contributed by atoms with Crippen molar-refractivity contribution in [3.05, 3.63) is 12.7 Å². The number of hydrogen-bond donors (Lipinski definition) is 1. The molecule has 0 aliphatic carbocycles. The molecule has 2 heteroatoms. The molecule has 2 nitrogen and oxygen atoms in total. The first-order chi connectivity index (χ1) is 6.43. The molecule has 0 unspecified atom stereocenters. The Morgan fingerprint density at radius 3 is 2.62 bits per heavy atom. The van der Waals surface area contributed by atoms with Crippen LogP contribution in [-0.4, -0.2) is 37.6 Å². The van der Waals surface area contributed by atoms with Crippen LogP contribution in [0.3, 0.4) is 0 Å². The van der Waals surface area contributed by atoms with Gasteiger partial charge in [-0.2, -0.15) is 0 Å². The minimum atomic E-state index is 1.17. The largest absolute Gasteiger partial charge is 0.314 e. The molecular weight excluding hydrogens is 160 g/mol. The molecule has 1 rings (SSSR count). The molecule has 0 saturated carbocycles. The van der Waals surface area contributed by atoms with Crippen LogP contribution in [0.15, 0.2) is 12.7 Å². The molecule has 1 fully saturated rings. The zero-order valence-corrected chi connectivity index (χ0v) is 8.60. The summed E-state index contributed by atoms with van der Waals surface area (Å²) in [6.07, 6.45) is 7.23. The number of allylic oxidation sites excluding steroid dienone is 1. The number of piperazine rings is 1. The monoisotopic (exact) mass is 182 g/mol. The average Bonchev–Trinajstić information content (AvgIpc) is 2.19. The molecule has 0 spiro atoms. The Morgan fingerprint density at radius 2 is 1.92 bits per heavy atom. The summed E-state index contributed by atoms with van der Waals surface area (Å²) in [6.45, 7) is 9.84. The van der Waals surface area contributed by atoms with Gasteiger partial charge in [0.25, 0.3) is 0 Å². The van der Waals surface area contributed by atoms with Crippen molar-refractivity contribution in [2.45, 2.75) is 25.7 Å². The van der Waals surface area contributed by atoms with Gasteiger partial charge in [-0.3, -0.25) is 0 Å². The Kier molecular flexibility index (Phi) is 5.87. The lowest BCUT2D eigenvalue weighted by Crippen LogP contribution is -2.43. The second-order valence-electron chi connectivity index (χ2n) is 3.73. The van der Waals surface area contributed by atoms with Crippen LogP contribution in [0.1, 0.15) is 25.7 Å². The zero-order chi connectivity index (χ0) is 9.36. The lowest BCUT2D eigenvalue weighted by molar-refractivity contribution is 0.236. The first-order valence-corrected chi connectivity index (χ1v) is 5.47. The Balaban J connectivity index is 1.89. The van der Waals surface area contributed by atoms with Crippen LogP contribution < -0.4 is 5.32 Å². The van der Waals surface area contributed by atoms with Gasteiger partial charge in [0, 0.05) is 26.2 Å². The van der Waals surface area contributed by atoms with Crippen molar-refractivity contribution < 1.29 is 0 Å². The van der Waals surface area contributed by atoms with Gasteiger partial charge in [-0.05, 0) is 25.8 Å². The quantitative estimate of drug-likeness (QED) is 0.496. The molecule has 0 aromatic rings. The Labute approximate surface area is 82.0 Å². The van der Waals surface area contributed by atoms with E-state index in [2.05, 4.69) is 16.8 Å². The predicted molar refractivity (Wildman–Crippen MR) is 58.0 cm³/mol. The first kappa shape index (κ1) is 10.7. The highest BCUT2D eigenvalue weighted by Crippen LogP contribution is 2.02. The second kappa shape index (κ2) is 7.10. The van der Waals surface area contributed by atoms with E-state index >= 15 is 0 Å². The minimum absolute atomic E-state index is 1.17. The lowest BCUT2D eigenvalue weighted by Gasteiger charge is -2.26. The molecule has 1 aliphatic rings. The lowest BCUT2D eigenvalue weighted by atomic mass is 10.2.